The van der Waals surface area contributed by atoms with E-state index in [1.807, 2.05) is 0 Å². The van der Waals surface area contributed by atoms with Gasteiger partial charge >= 0.3 is 0 Å². The van der Waals surface area contributed by atoms with Crippen molar-refractivity contribution >= 4 is 30.7 Å². The highest BCUT2D eigenvalue weighted by molar-refractivity contribution is 5.93. The number of rotatable bonds is 6. The number of hydrogen-bond donors (Lipinski definition) is 2. The summed E-state index contributed by atoms with van der Waals surface area (Å²) in [6.45, 7) is 6.78. The van der Waals surface area contributed by atoms with E-state index in [1.54, 1.807) is 6.07 Å². The first-order chi connectivity index (χ1) is 9.69. The molecule has 0 saturated carbocycles. The summed E-state index contributed by atoms with van der Waals surface area (Å²) < 4.78 is 5.15. The number of carbonyl (C=O) groups is 1. The molecule has 0 aliphatic carbocycles. The second-order valence-electron chi connectivity index (χ2n) is 5.64. The molecule has 1 saturated heterocycles. The van der Waals surface area contributed by atoms with Gasteiger partial charge < -0.3 is 20.4 Å². The Morgan fingerprint density at radius 2 is 2.09 bits per heavy atom. The summed E-state index contributed by atoms with van der Waals surface area (Å²) in [4.78, 5) is 14.3. The van der Waals surface area contributed by atoms with Crippen molar-refractivity contribution < 1.29 is 9.21 Å². The molecule has 1 amide bonds. The summed E-state index contributed by atoms with van der Waals surface area (Å²) in [5.74, 6) is 1.42. The van der Waals surface area contributed by atoms with Crippen LogP contribution in [0.15, 0.2) is 16.7 Å². The van der Waals surface area contributed by atoms with Crippen LogP contribution >= 0.6 is 24.8 Å². The molecule has 3 N–H and O–H groups in total. The maximum Gasteiger partial charge on any atom is 0.254 e. The van der Waals surface area contributed by atoms with Crippen molar-refractivity contribution in [3.63, 3.8) is 0 Å². The number of likely N-dealkylation sites (tertiary alicyclic amines) is 1. The molecule has 0 unspecified atom stereocenters. The van der Waals surface area contributed by atoms with Gasteiger partial charge in [-0.05, 0) is 50.9 Å². The molecule has 7 heteroatoms. The lowest BCUT2D eigenvalue weighted by atomic mass is 9.99. The Bertz CT molecular complexity index is 432. The molecule has 1 aliphatic rings. The van der Waals surface area contributed by atoms with Crippen LogP contribution in [0.3, 0.4) is 0 Å². The van der Waals surface area contributed by atoms with Crippen molar-refractivity contribution in [1.82, 2.24) is 10.2 Å². The Kier molecular flexibility index (Phi) is 10.5. The lowest BCUT2D eigenvalue weighted by Crippen LogP contribution is -2.35. The highest BCUT2D eigenvalue weighted by Gasteiger charge is 2.15. The van der Waals surface area contributed by atoms with Crippen molar-refractivity contribution in [1.29, 1.82) is 0 Å². The number of nitrogens with zero attached hydrogens (tertiary/aromatic N) is 1. The fourth-order valence-electron chi connectivity index (χ4n) is 2.50. The number of amides is 1. The summed E-state index contributed by atoms with van der Waals surface area (Å²) in [7, 11) is 0. The Balaban J connectivity index is 0.00000220. The van der Waals surface area contributed by atoms with Gasteiger partial charge in [0.15, 0.2) is 0 Å². The van der Waals surface area contributed by atoms with E-state index >= 15 is 0 Å². The number of nitrogens with two attached hydrogens (primary N) is 1. The second-order valence-corrected chi connectivity index (χ2v) is 5.64. The van der Waals surface area contributed by atoms with Crippen molar-refractivity contribution in [3.05, 3.63) is 23.7 Å². The number of halogens is 2. The van der Waals surface area contributed by atoms with Crippen LogP contribution in [-0.4, -0.2) is 37.0 Å². The molecule has 2 rings (SSSR count). The zero-order chi connectivity index (χ0) is 14.4. The standard InChI is InChI=1S/C15H25N3O2.2ClH/c1-12-3-7-18(8-4-12)6-2-5-17-15(19)13-9-14(10-16)20-11-13;;/h9,11-12H,2-8,10,16H2,1H3,(H,17,19);2*1H. The summed E-state index contributed by atoms with van der Waals surface area (Å²) in [5, 5.41) is 2.92. The van der Waals surface area contributed by atoms with Crippen molar-refractivity contribution in [3.8, 4) is 0 Å². The molecule has 1 aliphatic heterocycles. The predicted octanol–water partition coefficient (Wildman–Crippen LogP) is 2.43. The Labute approximate surface area is 144 Å². The van der Waals surface area contributed by atoms with Gasteiger partial charge in [0.05, 0.1) is 12.1 Å². The second kappa shape index (κ2) is 10.9. The Hall–Kier alpha value is -0.750. The minimum atomic E-state index is -0.0827. The van der Waals surface area contributed by atoms with Gasteiger partial charge in [-0.1, -0.05) is 6.92 Å². The highest BCUT2D eigenvalue weighted by Crippen LogP contribution is 2.15. The van der Waals surface area contributed by atoms with E-state index < -0.39 is 0 Å². The third kappa shape index (κ3) is 6.57. The molecule has 1 fully saturated rings. The maximum absolute atomic E-state index is 11.8. The van der Waals surface area contributed by atoms with Crippen LogP contribution < -0.4 is 11.1 Å². The van der Waals surface area contributed by atoms with Gasteiger partial charge in [0.2, 0.25) is 0 Å². The Morgan fingerprint density at radius 3 is 2.68 bits per heavy atom. The first-order valence-electron chi connectivity index (χ1n) is 7.47. The smallest absolute Gasteiger partial charge is 0.254 e. The molecule has 0 aromatic carbocycles. The van der Waals surface area contributed by atoms with E-state index in [4.69, 9.17) is 10.2 Å². The monoisotopic (exact) mass is 351 g/mol. The molecule has 5 nitrogen and oxygen atoms in total. The normalized spacial score (nSPS) is 15.7. The fourth-order valence-corrected chi connectivity index (χ4v) is 2.50. The van der Waals surface area contributed by atoms with Crippen molar-refractivity contribution in [2.75, 3.05) is 26.2 Å². The number of piperidine rings is 1. The van der Waals surface area contributed by atoms with Gasteiger partial charge in [0, 0.05) is 6.54 Å². The third-order valence-corrected chi connectivity index (χ3v) is 3.93. The van der Waals surface area contributed by atoms with E-state index in [2.05, 4.69) is 17.1 Å². The molecular weight excluding hydrogens is 325 g/mol. The van der Waals surface area contributed by atoms with Crippen LogP contribution in [0.1, 0.15) is 42.3 Å². The van der Waals surface area contributed by atoms with Gasteiger partial charge in [0.1, 0.15) is 12.0 Å². The first-order valence-corrected chi connectivity index (χ1v) is 7.47. The van der Waals surface area contributed by atoms with E-state index in [1.165, 1.54) is 32.2 Å². The van der Waals surface area contributed by atoms with Crippen LogP contribution in [0.5, 0.6) is 0 Å². The average molecular weight is 352 g/mol. The zero-order valence-corrected chi connectivity index (χ0v) is 14.7. The van der Waals surface area contributed by atoms with E-state index in [-0.39, 0.29) is 30.7 Å². The fraction of sp³-hybridized carbons (Fsp3) is 0.667. The van der Waals surface area contributed by atoms with Gasteiger partial charge in [-0.25, -0.2) is 0 Å². The SMILES string of the molecule is CC1CCN(CCCNC(=O)c2coc(CN)c2)CC1.Cl.Cl. The third-order valence-electron chi connectivity index (χ3n) is 3.93. The molecule has 1 aromatic heterocycles. The largest absolute Gasteiger partial charge is 0.467 e. The average Bonchev–Trinajstić information content (AvgIpc) is 2.94. The molecular formula is C15H27Cl2N3O2. The lowest BCUT2D eigenvalue weighted by Gasteiger charge is -2.30. The number of nitrogens with one attached hydrogen (secondary N) is 1. The van der Waals surface area contributed by atoms with E-state index in [0.717, 1.165) is 18.9 Å². The molecule has 128 valence electrons. The van der Waals surface area contributed by atoms with Gasteiger partial charge in [0.25, 0.3) is 5.91 Å². The molecule has 1 aromatic rings. The minimum Gasteiger partial charge on any atom is -0.467 e. The van der Waals surface area contributed by atoms with E-state index in [0.29, 0.717) is 24.4 Å². The molecule has 2 heterocycles. The predicted molar refractivity (Wildman–Crippen MR) is 92.9 cm³/mol. The minimum absolute atomic E-state index is 0. The van der Waals surface area contributed by atoms with Crippen molar-refractivity contribution in [2.24, 2.45) is 11.7 Å². The summed E-state index contributed by atoms with van der Waals surface area (Å²) in [5.41, 5.74) is 6.00. The first kappa shape index (κ1) is 21.2. The quantitative estimate of drug-likeness (QED) is 0.772. The topological polar surface area (TPSA) is 71.5 Å². The van der Waals surface area contributed by atoms with Gasteiger partial charge in [-0.2, -0.15) is 0 Å². The van der Waals surface area contributed by atoms with Gasteiger partial charge in [-0.15, -0.1) is 24.8 Å². The summed E-state index contributed by atoms with van der Waals surface area (Å²) in [6.07, 6.45) is 5.04. The van der Waals surface area contributed by atoms with Crippen LogP contribution in [0, 0.1) is 5.92 Å². The maximum atomic E-state index is 11.8. The van der Waals surface area contributed by atoms with Gasteiger partial charge in [-0.3, -0.25) is 4.79 Å². The lowest BCUT2D eigenvalue weighted by molar-refractivity contribution is 0.0950. The summed E-state index contributed by atoms with van der Waals surface area (Å²) in [6, 6.07) is 1.70. The number of furan rings is 1. The highest BCUT2D eigenvalue weighted by atomic mass is 35.5. The van der Waals surface area contributed by atoms with E-state index in [9.17, 15) is 4.79 Å². The molecule has 22 heavy (non-hydrogen) atoms. The summed E-state index contributed by atoms with van der Waals surface area (Å²) >= 11 is 0. The molecule has 0 radical (unpaired) electrons. The van der Waals surface area contributed by atoms with Crippen LogP contribution in [0.2, 0.25) is 0 Å². The number of carbonyl (C=O) groups excluding carboxylic acids is 1. The van der Waals surface area contributed by atoms with Crippen molar-refractivity contribution in [2.45, 2.75) is 32.7 Å². The molecule has 0 spiro atoms. The Morgan fingerprint density at radius 1 is 1.41 bits per heavy atom. The van der Waals surface area contributed by atoms with Crippen LogP contribution in [-0.2, 0) is 6.54 Å². The van der Waals surface area contributed by atoms with Crippen LogP contribution in [0.25, 0.3) is 0 Å². The zero-order valence-electron chi connectivity index (χ0n) is 13.0. The number of hydrogen-bond acceptors (Lipinski definition) is 4. The van der Waals surface area contributed by atoms with Crippen LogP contribution in [0.4, 0.5) is 0 Å². The molecule has 0 bridgehead atoms. The molecule has 0 atom stereocenters.